The fourth-order valence-electron chi connectivity index (χ4n) is 2.35. The average Bonchev–Trinajstić information content (AvgIpc) is 2.67. The number of rotatable bonds is 5. The molecule has 1 aliphatic rings. The first-order chi connectivity index (χ1) is 7.64. The van der Waals surface area contributed by atoms with Gasteiger partial charge in [0.05, 0.1) is 0 Å². The summed E-state index contributed by atoms with van der Waals surface area (Å²) in [7, 11) is 4.41. The Balaban J connectivity index is 1.87. The van der Waals surface area contributed by atoms with Crippen molar-refractivity contribution in [2.75, 3.05) is 20.6 Å². The molecule has 1 aromatic rings. The Morgan fingerprint density at radius 1 is 1.50 bits per heavy atom. The molecule has 1 fully saturated rings. The Bertz CT molecular complexity index is 315. The van der Waals surface area contributed by atoms with Gasteiger partial charge in [0.1, 0.15) is 0 Å². The number of nitrogens with zero attached hydrogens (tertiary/aromatic N) is 1. The van der Waals surface area contributed by atoms with Crippen molar-refractivity contribution in [1.29, 1.82) is 0 Å². The number of hydrogen-bond donors (Lipinski definition) is 1. The molecule has 2 nitrogen and oxygen atoms in total. The number of nitrogens with one attached hydrogen (secondary N) is 1. The molecule has 0 amide bonds. The van der Waals surface area contributed by atoms with Gasteiger partial charge in [-0.15, -0.1) is 11.3 Å². The van der Waals surface area contributed by atoms with Gasteiger partial charge in [-0.2, -0.15) is 0 Å². The summed E-state index contributed by atoms with van der Waals surface area (Å²) in [5.41, 5.74) is 0.422. The molecule has 0 bridgehead atoms. The standard InChI is InChI=1S/C13H22N2S/c1-11(12-6-4-9-16-12)14-10-13(15(2)3)7-5-8-13/h4,6,9,11,14H,5,7-8,10H2,1-3H3. The predicted molar refractivity (Wildman–Crippen MR) is 71.0 cm³/mol. The minimum atomic E-state index is 0.422. The van der Waals surface area contributed by atoms with E-state index in [0.717, 1.165) is 6.54 Å². The Hall–Kier alpha value is -0.380. The first-order valence-corrected chi connectivity index (χ1v) is 6.96. The summed E-state index contributed by atoms with van der Waals surface area (Å²) in [6.07, 6.45) is 4.06. The normalized spacial score (nSPS) is 20.8. The minimum absolute atomic E-state index is 0.422. The van der Waals surface area contributed by atoms with E-state index < -0.39 is 0 Å². The van der Waals surface area contributed by atoms with Gasteiger partial charge in [-0.3, -0.25) is 0 Å². The lowest BCUT2D eigenvalue weighted by Crippen LogP contribution is -2.56. The number of likely N-dealkylation sites (N-methyl/N-ethyl adjacent to an activating group) is 1. The molecule has 2 rings (SSSR count). The SMILES string of the molecule is CC(NCC1(N(C)C)CCC1)c1cccs1. The van der Waals surface area contributed by atoms with Crippen molar-refractivity contribution >= 4 is 11.3 Å². The molecule has 90 valence electrons. The molecule has 16 heavy (non-hydrogen) atoms. The monoisotopic (exact) mass is 238 g/mol. The zero-order chi connectivity index (χ0) is 11.6. The van der Waals surface area contributed by atoms with E-state index in [2.05, 4.69) is 48.7 Å². The largest absolute Gasteiger partial charge is 0.308 e. The van der Waals surface area contributed by atoms with Gasteiger partial charge in [-0.05, 0) is 51.7 Å². The van der Waals surface area contributed by atoms with E-state index in [1.807, 2.05) is 11.3 Å². The molecule has 1 N–H and O–H groups in total. The van der Waals surface area contributed by atoms with Crippen molar-refractivity contribution < 1.29 is 0 Å². The van der Waals surface area contributed by atoms with Crippen molar-refractivity contribution in [2.24, 2.45) is 0 Å². The van der Waals surface area contributed by atoms with Crippen LogP contribution in [0.2, 0.25) is 0 Å². The van der Waals surface area contributed by atoms with Gasteiger partial charge in [-0.25, -0.2) is 0 Å². The van der Waals surface area contributed by atoms with Crippen molar-refractivity contribution in [2.45, 2.75) is 37.8 Å². The van der Waals surface area contributed by atoms with Gasteiger partial charge in [0.25, 0.3) is 0 Å². The summed E-state index contributed by atoms with van der Waals surface area (Å²) in [4.78, 5) is 3.83. The molecule has 1 aliphatic carbocycles. The lowest BCUT2D eigenvalue weighted by molar-refractivity contribution is 0.0577. The maximum absolute atomic E-state index is 3.68. The Kier molecular flexibility index (Phi) is 3.67. The Morgan fingerprint density at radius 2 is 2.25 bits per heavy atom. The van der Waals surface area contributed by atoms with Crippen molar-refractivity contribution in [1.82, 2.24) is 10.2 Å². The van der Waals surface area contributed by atoms with Crippen LogP contribution in [-0.4, -0.2) is 31.1 Å². The van der Waals surface area contributed by atoms with Gasteiger partial charge >= 0.3 is 0 Å². The van der Waals surface area contributed by atoms with Crippen molar-refractivity contribution in [3.63, 3.8) is 0 Å². The van der Waals surface area contributed by atoms with Gasteiger partial charge in [0, 0.05) is 23.0 Å². The van der Waals surface area contributed by atoms with E-state index in [0.29, 0.717) is 11.6 Å². The third kappa shape index (κ3) is 2.31. The first kappa shape index (κ1) is 12.1. The fourth-order valence-corrected chi connectivity index (χ4v) is 3.11. The minimum Gasteiger partial charge on any atom is -0.308 e. The van der Waals surface area contributed by atoms with Crippen molar-refractivity contribution in [3.05, 3.63) is 22.4 Å². The molecule has 0 aliphatic heterocycles. The number of hydrogen-bond acceptors (Lipinski definition) is 3. The van der Waals surface area contributed by atoms with Crippen LogP contribution >= 0.6 is 11.3 Å². The molecule has 0 spiro atoms. The third-order valence-electron chi connectivity index (χ3n) is 3.94. The highest BCUT2D eigenvalue weighted by atomic mass is 32.1. The Labute approximate surface area is 103 Å². The summed E-state index contributed by atoms with van der Waals surface area (Å²) in [5, 5.41) is 5.83. The van der Waals surface area contributed by atoms with Crippen molar-refractivity contribution in [3.8, 4) is 0 Å². The van der Waals surface area contributed by atoms with Crippen LogP contribution in [0.4, 0.5) is 0 Å². The van der Waals surface area contributed by atoms with Gasteiger partial charge < -0.3 is 10.2 Å². The molecule has 1 unspecified atom stereocenters. The third-order valence-corrected chi connectivity index (χ3v) is 5.00. The van der Waals surface area contributed by atoms with Crippen LogP contribution in [0.1, 0.15) is 37.1 Å². The summed E-state index contributed by atoms with van der Waals surface area (Å²) < 4.78 is 0. The topological polar surface area (TPSA) is 15.3 Å². The van der Waals surface area contributed by atoms with Crippen LogP contribution in [-0.2, 0) is 0 Å². The zero-order valence-corrected chi connectivity index (χ0v) is 11.3. The molecule has 3 heteroatoms. The molecule has 1 heterocycles. The predicted octanol–water partition coefficient (Wildman–Crippen LogP) is 2.88. The summed E-state index contributed by atoms with van der Waals surface area (Å²) >= 11 is 1.84. The van der Waals surface area contributed by atoms with E-state index in [1.54, 1.807) is 0 Å². The summed E-state index contributed by atoms with van der Waals surface area (Å²) in [5.74, 6) is 0. The maximum atomic E-state index is 3.68. The second-order valence-electron chi connectivity index (χ2n) is 5.09. The fraction of sp³-hybridized carbons (Fsp3) is 0.692. The lowest BCUT2D eigenvalue weighted by Gasteiger charge is -2.48. The second-order valence-corrected chi connectivity index (χ2v) is 6.07. The molecule has 1 aromatic heterocycles. The smallest absolute Gasteiger partial charge is 0.0386 e. The van der Waals surface area contributed by atoms with Crippen LogP contribution in [0.3, 0.4) is 0 Å². The highest BCUT2D eigenvalue weighted by Crippen LogP contribution is 2.36. The van der Waals surface area contributed by atoms with Gasteiger partial charge in [-0.1, -0.05) is 6.07 Å². The molecular weight excluding hydrogens is 216 g/mol. The molecule has 1 saturated carbocycles. The second kappa shape index (κ2) is 4.86. The average molecular weight is 238 g/mol. The van der Waals surface area contributed by atoms with Crippen LogP contribution < -0.4 is 5.32 Å². The number of thiophene rings is 1. The highest BCUT2D eigenvalue weighted by molar-refractivity contribution is 7.10. The molecule has 0 aromatic carbocycles. The highest BCUT2D eigenvalue weighted by Gasteiger charge is 2.38. The summed E-state index contributed by atoms with van der Waals surface area (Å²) in [6.45, 7) is 3.37. The molecule has 0 saturated heterocycles. The van der Waals surface area contributed by atoms with Gasteiger partial charge in [0.15, 0.2) is 0 Å². The first-order valence-electron chi connectivity index (χ1n) is 6.08. The van der Waals surface area contributed by atoms with Crippen LogP contribution in [0.15, 0.2) is 17.5 Å². The van der Waals surface area contributed by atoms with E-state index in [4.69, 9.17) is 0 Å². The summed E-state index contributed by atoms with van der Waals surface area (Å²) in [6, 6.07) is 4.83. The van der Waals surface area contributed by atoms with E-state index >= 15 is 0 Å². The molecule has 1 atom stereocenters. The zero-order valence-electron chi connectivity index (χ0n) is 10.5. The van der Waals surface area contributed by atoms with E-state index in [1.165, 1.54) is 24.1 Å². The van der Waals surface area contributed by atoms with Crippen LogP contribution in [0, 0.1) is 0 Å². The molecule has 0 radical (unpaired) electrons. The quantitative estimate of drug-likeness (QED) is 0.848. The Morgan fingerprint density at radius 3 is 2.69 bits per heavy atom. The van der Waals surface area contributed by atoms with E-state index in [9.17, 15) is 0 Å². The van der Waals surface area contributed by atoms with Gasteiger partial charge in [0.2, 0.25) is 0 Å². The van der Waals surface area contributed by atoms with Crippen LogP contribution in [0.25, 0.3) is 0 Å². The maximum Gasteiger partial charge on any atom is 0.0386 e. The van der Waals surface area contributed by atoms with Crippen LogP contribution in [0.5, 0.6) is 0 Å². The lowest BCUT2D eigenvalue weighted by atomic mass is 9.75. The van der Waals surface area contributed by atoms with E-state index in [-0.39, 0.29) is 0 Å². The molecular formula is C13H22N2S.